The van der Waals surface area contributed by atoms with Crippen molar-refractivity contribution in [2.24, 2.45) is 0 Å². The highest BCUT2D eigenvalue weighted by Crippen LogP contribution is 2.34. The lowest BCUT2D eigenvalue weighted by Gasteiger charge is -2.26. The van der Waals surface area contributed by atoms with Crippen LogP contribution in [0.4, 0.5) is 5.69 Å². The molecule has 0 unspecified atom stereocenters. The molecule has 11 heteroatoms. The second kappa shape index (κ2) is 12.2. The van der Waals surface area contributed by atoms with Crippen LogP contribution in [0.1, 0.15) is 25.5 Å². The summed E-state index contributed by atoms with van der Waals surface area (Å²) in [4.78, 5) is 13.2. The number of hydrogen-bond acceptors (Lipinski definition) is 8. The molecule has 1 amide bonds. The first-order valence-corrected chi connectivity index (χ1v) is 13.9. The number of anilines is 1. The van der Waals surface area contributed by atoms with Crippen LogP contribution in [0.2, 0.25) is 0 Å². The monoisotopic (exact) mass is 556 g/mol. The van der Waals surface area contributed by atoms with Gasteiger partial charge in [0, 0.05) is 6.07 Å². The van der Waals surface area contributed by atoms with Crippen LogP contribution in [0.5, 0.6) is 28.7 Å². The number of rotatable bonds is 11. The Morgan fingerprint density at radius 2 is 1.64 bits per heavy atom. The van der Waals surface area contributed by atoms with E-state index in [0.29, 0.717) is 48.5 Å². The van der Waals surface area contributed by atoms with Crippen molar-refractivity contribution in [1.29, 1.82) is 0 Å². The predicted molar refractivity (Wildman–Crippen MR) is 146 cm³/mol. The van der Waals surface area contributed by atoms with Crippen molar-refractivity contribution < 1.29 is 36.9 Å². The second-order valence-corrected chi connectivity index (χ2v) is 10.5. The smallest absolute Gasteiger partial charge is 0.264 e. The molecule has 0 aromatic heterocycles. The number of sulfonamides is 1. The standard InChI is InChI=1S/C28H32N2O8S/c1-5-36-22-9-7-21(8-10-22)30(39(32,33)23-11-13-24(34-3)26(17-23)35-4)18-28(31)29-19(2)20-6-12-25-27(16-20)38-15-14-37-25/h6-13,16-17,19H,5,14-15,18H2,1-4H3,(H,29,31)/t19-/m1/s1. The Balaban J connectivity index is 1.61. The fourth-order valence-electron chi connectivity index (χ4n) is 4.12. The van der Waals surface area contributed by atoms with Gasteiger partial charge in [-0.3, -0.25) is 9.10 Å². The molecule has 208 valence electrons. The minimum atomic E-state index is -4.18. The fraction of sp³-hybridized carbons (Fsp3) is 0.321. The van der Waals surface area contributed by atoms with Gasteiger partial charge in [0.25, 0.3) is 10.0 Å². The maximum absolute atomic E-state index is 13.9. The molecular formula is C28H32N2O8S. The van der Waals surface area contributed by atoms with Crippen LogP contribution in [0.25, 0.3) is 0 Å². The van der Waals surface area contributed by atoms with E-state index >= 15 is 0 Å². The molecule has 39 heavy (non-hydrogen) atoms. The Bertz CT molecular complexity index is 1410. The van der Waals surface area contributed by atoms with Gasteiger partial charge in [-0.15, -0.1) is 0 Å². The molecule has 0 saturated carbocycles. The van der Waals surface area contributed by atoms with E-state index in [4.69, 9.17) is 23.7 Å². The lowest BCUT2D eigenvalue weighted by atomic mass is 10.1. The van der Waals surface area contributed by atoms with Crippen LogP contribution < -0.4 is 33.3 Å². The number of nitrogens with zero attached hydrogens (tertiary/aromatic N) is 1. The van der Waals surface area contributed by atoms with Crippen LogP contribution >= 0.6 is 0 Å². The van der Waals surface area contributed by atoms with Crippen LogP contribution in [0.15, 0.2) is 65.6 Å². The normalized spacial score (nSPS) is 13.2. The first-order chi connectivity index (χ1) is 18.8. The molecule has 0 radical (unpaired) electrons. The van der Waals surface area contributed by atoms with Crippen molar-refractivity contribution in [3.8, 4) is 28.7 Å². The van der Waals surface area contributed by atoms with E-state index in [1.807, 2.05) is 26.0 Å². The van der Waals surface area contributed by atoms with Gasteiger partial charge in [0.15, 0.2) is 23.0 Å². The third-order valence-corrected chi connectivity index (χ3v) is 7.88. The molecule has 3 aromatic rings. The highest BCUT2D eigenvalue weighted by Gasteiger charge is 2.29. The van der Waals surface area contributed by atoms with E-state index in [2.05, 4.69) is 5.32 Å². The number of amides is 1. The molecule has 0 saturated heterocycles. The number of fused-ring (bicyclic) bond motifs is 1. The number of methoxy groups -OCH3 is 2. The minimum absolute atomic E-state index is 0.0540. The maximum atomic E-state index is 13.9. The van der Waals surface area contributed by atoms with E-state index in [1.165, 1.54) is 32.4 Å². The molecule has 4 rings (SSSR count). The van der Waals surface area contributed by atoms with Gasteiger partial charge in [-0.2, -0.15) is 0 Å². The highest BCUT2D eigenvalue weighted by atomic mass is 32.2. The molecule has 3 aromatic carbocycles. The first kappa shape index (κ1) is 27.9. The summed E-state index contributed by atoms with van der Waals surface area (Å²) in [5, 5.41) is 2.89. The van der Waals surface area contributed by atoms with Crippen molar-refractivity contribution in [1.82, 2.24) is 5.32 Å². The van der Waals surface area contributed by atoms with Crippen LogP contribution in [0.3, 0.4) is 0 Å². The zero-order valence-corrected chi connectivity index (χ0v) is 23.1. The summed E-state index contributed by atoms with van der Waals surface area (Å²) in [5.74, 6) is 1.98. The minimum Gasteiger partial charge on any atom is -0.494 e. The van der Waals surface area contributed by atoms with E-state index < -0.39 is 28.5 Å². The van der Waals surface area contributed by atoms with Crippen molar-refractivity contribution in [3.63, 3.8) is 0 Å². The van der Waals surface area contributed by atoms with Gasteiger partial charge in [-0.1, -0.05) is 6.07 Å². The molecule has 0 bridgehead atoms. The number of ether oxygens (including phenoxy) is 5. The van der Waals surface area contributed by atoms with E-state index in [0.717, 1.165) is 9.87 Å². The summed E-state index contributed by atoms with van der Waals surface area (Å²) < 4.78 is 56.0. The summed E-state index contributed by atoms with van der Waals surface area (Å²) in [6, 6.07) is 15.8. The quantitative estimate of drug-likeness (QED) is 0.378. The molecule has 1 heterocycles. The number of nitrogens with one attached hydrogen (secondary N) is 1. The van der Waals surface area contributed by atoms with Gasteiger partial charge in [0.2, 0.25) is 5.91 Å². The zero-order valence-electron chi connectivity index (χ0n) is 22.3. The molecule has 1 N–H and O–H groups in total. The Hall–Kier alpha value is -4.12. The zero-order chi connectivity index (χ0) is 28.0. The van der Waals surface area contributed by atoms with Crippen LogP contribution in [0, 0.1) is 0 Å². The largest absolute Gasteiger partial charge is 0.494 e. The summed E-state index contributed by atoms with van der Waals surface area (Å²) in [5.41, 5.74) is 1.10. The Kier molecular flexibility index (Phi) is 8.70. The molecule has 1 aliphatic heterocycles. The lowest BCUT2D eigenvalue weighted by molar-refractivity contribution is -0.120. The van der Waals surface area contributed by atoms with Gasteiger partial charge in [0.05, 0.1) is 37.5 Å². The van der Waals surface area contributed by atoms with Gasteiger partial charge < -0.3 is 29.0 Å². The lowest BCUT2D eigenvalue weighted by Crippen LogP contribution is -2.41. The third-order valence-electron chi connectivity index (χ3n) is 6.11. The number of carbonyl (C=O) groups is 1. The topological polar surface area (TPSA) is 113 Å². The Morgan fingerprint density at radius 1 is 0.949 bits per heavy atom. The molecule has 0 spiro atoms. The van der Waals surface area contributed by atoms with Gasteiger partial charge in [0.1, 0.15) is 25.5 Å². The van der Waals surface area contributed by atoms with E-state index in [9.17, 15) is 13.2 Å². The number of hydrogen-bond donors (Lipinski definition) is 1. The summed E-state index contributed by atoms with van der Waals surface area (Å²) >= 11 is 0. The molecule has 0 aliphatic carbocycles. The van der Waals surface area contributed by atoms with Gasteiger partial charge >= 0.3 is 0 Å². The van der Waals surface area contributed by atoms with E-state index in [1.54, 1.807) is 30.3 Å². The Morgan fingerprint density at radius 3 is 2.31 bits per heavy atom. The average molecular weight is 557 g/mol. The Labute approximate surface area is 228 Å². The van der Waals surface area contributed by atoms with Crippen molar-refractivity contribution >= 4 is 21.6 Å². The molecule has 1 atom stereocenters. The summed E-state index contributed by atoms with van der Waals surface area (Å²) in [6.45, 7) is 4.60. The van der Waals surface area contributed by atoms with Gasteiger partial charge in [-0.05, 0) is 67.9 Å². The fourth-order valence-corrected chi connectivity index (χ4v) is 5.56. The van der Waals surface area contributed by atoms with Crippen LogP contribution in [-0.4, -0.2) is 54.9 Å². The number of carbonyl (C=O) groups excluding carboxylic acids is 1. The van der Waals surface area contributed by atoms with E-state index in [-0.39, 0.29) is 10.6 Å². The van der Waals surface area contributed by atoms with Gasteiger partial charge in [-0.25, -0.2) is 8.42 Å². The highest BCUT2D eigenvalue weighted by molar-refractivity contribution is 7.92. The second-order valence-electron chi connectivity index (χ2n) is 8.65. The van der Waals surface area contributed by atoms with Crippen molar-refractivity contribution in [3.05, 3.63) is 66.2 Å². The third kappa shape index (κ3) is 6.31. The maximum Gasteiger partial charge on any atom is 0.264 e. The van der Waals surface area contributed by atoms with Crippen molar-refractivity contribution in [2.45, 2.75) is 24.8 Å². The SMILES string of the molecule is CCOc1ccc(N(CC(=O)N[C@H](C)c2ccc3c(c2)OCCO3)S(=O)(=O)c2ccc(OC)c(OC)c2)cc1. The molecule has 1 aliphatic rings. The predicted octanol–water partition coefficient (Wildman–Crippen LogP) is 3.95. The van der Waals surface area contributed by atoms with Crippen molar-refractivity contribution in [2.75, 3.05) is 44.9 Å². The molecule has 10 nitrogen and oxygen atoms in total. The molecular weight excluding hydrogens is 524 g/mol. The first-order valence-electron chi connectivity index (χ1n) is 12.4. The number of benzene rings is 3. The summed E-state index contributed by atoms with van der Waals surface area (Å²) in [6.07, 6.45) is 0. The summed E-state index contributed by atoms with van der Waals surface area (Å²) in [7, 11) is -1.30. The van der Waals surface area contributed by atoms with Crippen LogP contribution in [-0.2, 0) is 14.8 Å². The average Bonchev–Trinajstić information content (AvgIpc) is 2.95. The molecule has 0 fully saturated rings.